The fraction of sp³-hybridized carbons (Fsp3) is 0.393. The summed E-state index contributed by atoms with van der Waals surface area (Å²) >= 11 is 1.52. The van der Waals surface area contributed by atoms with Crippen LogP contribution in [0, 0.1) is 5.82 Å². The Balaban J connectivity index is 1.18. The lowest BCUT2D eigenvalue weighted by Crippen LogP contribution is -2.38. The van der Waals surface area contributed by atoms with Crippen molar-refractivity contribution in [2.24, 2.45) is 0 Å². The first-order valence-electron chi connectivity index (χ1n) is 12.5. The van der Waals surface area contributed by atoms with Gasteiger partial charge in [0.05, 0.1) is 25.6 Å². The van der Waals surface area contributed by atoms with Crippen molar-refractivity contribution in [2.75, 3.05) is 33.9 Å². The maximum Gasteiger partial charge on any atom is 0.273 e. The number of aromatic nitrogens is 1. The maximum atomic E-state index is 13.3. The van der Waals surface area contributed by atoms with Gasteiger partial charge in [0, 0.05) is 37.5 Å². The highest BCUT2D eigenvalue weighted by molar-refractivity contribution is 7.09. The highest BCUT2D eigenvalue weighted by Crippen LogP contribution is 2.34. The standard InChI is InChI=1S/C28H30FN3O4S/c1-35-24-14-20-9-12-32(16-21(20)15-25(24)36-2)28(34)23-17-37-27(30-23)19-7-10-31(11-8-19)26(33)13-18-3-5-22(29)6-4-18/h3-6,14-15,17,19H,7-13,16H2,1-2H3. The molecule has 37 heavy (non-hydrogen) atoms. The van der Waals surface area contributed by atoms with E-state index in [1.165, 1.54) is 29.0 Å². The van der Waals surface area contributed by atoms with Gasteiger partial charge in [-0.1, -0.05) is 12.1 Å². The SMILES string of the molecule is COc1cc2c(cc1OC)CN(C(=O)c1csc(C3CCN(C(=O)Cc4ccc(F)cc4)CC3)n1)CC2. The van der Waals surface area contributed by atoms with Crippen LogP contribution in [0.3, 0.4) is 0 Å². The Hall–Kier alpha value is -3.46. The van der Waals surface area contributed by atoms with Crippen LogP contribution in [0.4, 0.5) is 4.39 Å². The number of fused-ring (bicyclic) bond motifs is 1. The van der Waals surface area contributed by atoms with Crippen LogP contribution < -0.4 is 9.47 Å². The molecule has 0 N–H and O–H groups in total. The number of benzene rings is 2. The predicted molar refractivity (Wildman–Crippen MR) is 139 cm³/mol. The quantitative estimate of drug-likeness (QED) is 0.478. The first-order chi connectivity index (χ1) is 17.9. The highest BCUT2D eigenvalue weighted by Gasteiger charge is 2.29. The van der Waals surface area contributed by atoms with E-state index in [1.807, 2.05) is 27.3 Å². The number of thiazole rings is 1. The number of ether oxygens (including phenoxy) is 2. The summed E-state index contributed by atoms with van der Waals surface area (Å²) in [5.41, 5.74) is 3.53. The molecule has 0 spiro atoms. The van der Waals surface area contributed by atoms with Gasteiger partial charge in [-0.25, -0.2) is 9.37 Å². The van der Waals surface area contributed by atoms with Crippen LogP contribution in [0.25, 0.3) is 0 Å². The van der Waals surface area contributed by atoms with Crippen molar-refractivity contribution in [1.82, 2.24) is 14.8 Å². The molecule has 0 bridgehead atoms. The molecule has 9 heteroatoms. The molecule has 2 aliphatic heterocycles. The Morgan fingerprint density at radius 3 is 2.35 bits per heavy atom. The number of likely N-dealkylation sites (tertiary alicyclic amines) is 1. The Labute approximate surface area is 219 Å². The van der Waals surface area contributed by atoms with E-state index < -0.39 is 0 Å². The second-order valence-electron chi connectivity index (χ2n) is 9.48. The number of rotatable bonds is 6. The largest absolute Gasteiger partial charge is 0.493 e. The van der Waals surface area contributed by atoms with Crippen molar-refractivity contribution in [3.05, 3.63) is 75.0 Å². The summed E-state index contributed by atoms with van der Waals surface area (Å²) in [5.74, 6) is 1.29. The molecule has 5 rings (SSSR count). The number of piperidine rings is 1. The average Bonchev–Trinajstić information content (AvgIpc) is 3.43. The molecular weight excluding hydrogens is 493 g/mol. The molecule has 1 saturated heterocycles. The predicted octanol–water partition coefficient (Wildman–Crippen LogP) is 4.45. The van der Waals surface area contributed by atoms with Crippen LogP contribution in [0.5, 0.6) is 11.5 Å². The number of nitrogens with zero attached hydrogens (tertiary/aromatic N) is 3. The van der Waals surface area contributed by atoms with Gasteiger partial charge in [0.1, 0.15) is 11.5 Å². The van der Waals surface area contributed by atoms with Gasteiger partial charge in [0.25, 0.3) is 5.91 Å². The van der Waals surface area contributed by atoms with Crippen LogP contribution in [-0.2, 0) is 24.2 Å². The number of methoxy groups -OCH3 is 2. The minimum atomic E-state index is -0.302. The van der Waals surface area contributed by atoms with Crippen molar-refractivity contribution in [3.63, 3.8) is 0 Å². The molecule has 2 aromatic carbocycles. The van der Waals surface area contributed by atoms with Gasteiger partial charge in [-0.15, -0.1) is 11.3 Å². The van der Waals surface area contributed by atoms with Crippen LogP contribution in [0.2, 0.25) is 0 Å². The van der Waals surface area contributed by atoms with Crippen LogP contribution in [0.1, 0.15) is 50.9 Å². The lowest BCUT2D eigenvalue weighted by atomic mass is 9.97. The van der Waals surface area contributed by atoms with Gasteiger partial charge in [-0.05, 0) is 60.2 Å². The highest BCUT2D eigenvalue weighted by atomic mass is 32.1. The Bertz CT molecular complexity index is 1290. The van der Waals surface area contributed by atoms with Gasteiger partial charge in [0.2, 0.25) is 5.91 Å². The Kier molecular flexibility index (Phi) is 7.41. The summed E-state index contributed by atoms with van der Waals surface area (Å²) in [6.45, 7) is 2.45. The average molecular weight is 524 g/mol. The molecule has 0 saturated carbocycles. The van der Waals surface area contributed by atoms with E-state index in [4.69, 9.17) is 14.5 Å². The van der Waals surface area contributed by atoms with E-state index in [2.05, 4.69) is 0 Å². The smallest absolute Gasteiger partial charge is 0.273 e. The summed E-state index contributed by atoms with van der Waals surface area (Å²) in [7, 11) is 3.23. The first kappa shape index (κ1) is 25.2. The third-order valence-corrected chi connectivity index (χ3v) is 8.22. The lowest BCUT2D eigenvalue weighted by molar-refractivity contribution is -0.131. The maximum absolute atomic E-state index is 13.3. The van der Waals surface area contributed by atoms with E-state index >= 15 is 0 Å². The van der Waals surface area contributed by atoms with Crippen molar-refractivity contribution in [2.45, 2.75) is 38.1 Å². The molecule has 2 aliphatic rings. The minimum Gasteiger partial charge on any atom is -0.493 e. The zero-order valence-electron chi connectivity index (χ0n) is 21.0. The number of amides is 2. The first-order valence-corrected chi connectivity index (χ1v) is 13.3. The third-order valence-electron chi connectivity index (χ3n) is 7.21. The molecule has 0 radical (unpaired) electrons. The second kappa shape index (κ2) is 10.9. The van der Waals surface area contributed by atoms with Gasteiger partial charge in [-0.2, -0.15) is 0 Å². The van der Waals surface area contributed by atoms with E-state index in [1.54, 1.807) is 26.4 Å². The summed E-state index contributed by atoms with van der Waals surface area (Å²) < 4.78 is 24.0. The fourth-order valence-electron chi connectivity index (χ4n) is 5.06. The molecule has 1 fully saturated rings. The van der Waals surface area contributed by atoms with Crippen LogP contribution >= 0.6 is 11.3 Å². The third kappa shape index (κ3) is 5.46. The summed E-state index contributed by atoms with van der Waals surface area (Å²) in [4.78, 5) is 34.4. The van der Waals surface area contributed by atoms with Crippen molar-refractivity contribution >= 4 is 23.2 Å². The summed E-state index contributed by atoms with van der Waals surface area (Å²) in [6.07, 6.45) is 2.66. The summed E-state index contributed by atoms with van der Waals surface area (Å²) in [6, 6.07) is 10.0. The zero-order valence-corrected chi connectivity index (χ0v) is 21.9. The van der Waals surface area contributed by atoms with Crippen molar-refractivity contribution in [3.8, 4) is 11.5 Å². The van der Waals surface area contributed by atoms with Crippen LogP contribution in [0.15, 0.2) is 41.8 Å². The van der Waals surface area contributed by atoms with Crippen molar-refractivity contribution < 1.29 is 23.5 Å². The molecule has 3 heterocycles. The van der Waals surface area contributed by atoms with Crippen molar-refractivity contribution in [1.29, 1.82) is 0 Å². The van der Waals surface area contributed by atoms with E-state index in [0.717, 1.165) is 35.4 Å². The molecule has 7 nitrogen and oxygen atoms in total. The number of carbonyl (C=O) groups is 2. The monoisotopic (exact) mass is 523 g/mol. The van der Waals surface area contributed by atoms with Gasteiger partial charge >= 0.3 is 0 Å². The molecule has 194 valence electrons. The normalized spacial score (nSPS) is 15.9. The topological polar surface area (TPSA) is 72.0 Å². The summed E-state index contributed by atoms with van der Waals surface area (Å²) in [5, 5.41) is 2.81. The van der Waals surface area contributed by atoms with E-state index in [0.29, 0.717) is 43.4 Å². The number of hydrogen-bond donors (Lipinski definition) is 0. The number of carbonyl (C=O) groups excluding carboxylic acids is 2. The lowest BCUT2D eigenvalue weighted by Gasteiger charge is -2.31. The zero-order chi connectivity index (χ0) is 25.9. The second-order valence-corrected chi connectivity index (χ2v) is 10.4. The van der Waals surface area contributed by atoms with Gasteiger partial charge in [-0.3, -0.25) is 9.59 Å². The molecule has 0 unspecified atom stereocenters. The molecular formula is C28H30FN3O4S. The number of hydrogen-bond acceptors (Lipinski definition) is 6. The minimum absolute atomic E-state index is 0.0553. The van der Waals surface area contributed by atoms with Gasteiger partial charge in [0.15, 0.2) is 11.5 Å². The molecule has 0 aliphatic carbocycles. The van der Waals surface area contributed by atoms with E-state index in [-0.39, 0.29) is 30.0 Å². The molecule has 3 aromatic rings. The number of halogens is 1. The molecule has 2 amide bonds. The van der Waals surface area contributed by atoms with Gasteiger partial charge < -0.3 is 19.3 Å². The fourth-order valence-corrected chi connectivity index (χ4v) is 6.02. The van der Waals surface area contributed by atoms with Crippen LogP contribution in [-0.4, -0.2) is 60.5 Å². The van der Waals surface area contributed by atoms with E-state index in [9.17, 15) is 14.0 Å². The Morgan fingerprint density at radius 1 is 1.00 bits per heavy atom. The molecule has 0 atom stereocenters. The Morgan fingerprint density at radius 2 is 1.68 bits per heavy atom. The molecule has 1 aromatic heterocycles.